The van der Waals surface area contributed by atoms with Crippen LogP contribution in [0.25, 0.3) is 11.6 Å². The number of hydrogen-bond donors (Lipinski definition) is 0. The molecular weight excluding hydrogens is 396 g/mol. The molecular formula is C24H18N2O5. The van der Waals surface area contributed by atoms with Gasteiger partial charge in [-0.15, -0.1) is 0 Å². The molecule has 0 saturated carbocycles. The second-order valence-electron chi connectivity index (χ2n) is 7.00. The minimum absolute atomic E-state index is 0.0722. The van der Waals surface area contributed by atoms with Crippen molar-refractivity contribution in [1.29, 1.82) is 0 Å². The van der Waals surface area contributed by atoms with E-state index in [0.29, 0.717) is 28.0 Å². The summed E-state index contributed by atoms with van der Waals surface area (Å²) < 4.78 is 5.15. The van der Waals surface area contributed by atoms with E-state index in [9.17, 15) is 19.7 Å². The van der Waals surface area contributed by atoms with E-state index in [-0.39, 0.29) is 18.1 Å². The van der Waals surface area contributed by atoms with Gasteiger partial charge in [-0.3, -0.25) is 24.6 Å². The van der Waals surface area contributed by atoms with Gasteiger partial charge in [0.25, 0.3) is 17.5 Å². The molecule has 0 aromatic heterocycles. The van der Waals surface area contributed by atoms with Gasteiger partial charge < -0.3 is 4.74 Å². The lowest BCUT2D eigenvalue weighted by Gasteiger charge is -2.28. The maximum Gasteiger partial charge on any atom is 0.270 e. The number of rotatable bonds is 5. The van der Waals surface area contributed by atoms with Crippen LogP contribution in [0.1, 0.15) is 27.0 Å². The molecule has 3 aromatic carbocycles. The Hall–Kier alpha value is -4.26. The monoisotopic (exact) mass is 414 g/mol. The number of carbonyl (C=O) groups excluding carboxylic acids is 2. The molecule has 0 radical (unpaired) electrons. The lowest BCUT2D eigenvalue weighted by atomic mass is 9.91. The van der Waals surface area contributed by atoms with Crippen LogP contribution in [0.15, 0.2) is 72.8 Å². The van der Waals surface area contributed by atoms with Crippen LogP contribution < -0.4 is 4.74 Å². The average molecular weight is 414 g/mol. The summed E-state index contributed by atoms with van der Waals surface area (Å²) in [6, 6.07) is 20.0. The number of ether oxygens (including phenoxy) is 1. The Balaban J connectivity index is 1.76. The van der Waals surface area contributed by atoms with Gasteiger partial charge in [0.05, 0.1) is 18.6 Å². The van der Waals surface area contributed by atoms with Gasteiger partial charge in [0.1, 0.15) is 5.75 Å². The molecule has 0 spiro atoms. The van der Waals surface area contributed by atoms with Gasteiger partial charge in [0.15, 0.2) is 0 Å². The van der Waals surface area contributed by atoms with Crippen molar-refractivity contribution in [2.75, 3.05) is 7.11 Å². The lowest BCUT2D eigenvalue weighted by Crippen LogP contribution is -2.41. The first-order valence-electron chi connectivity index (χ1n) is 9.52. The van der Waals surface area contributed by atoms with Gasteiger partial charge in [-0.1, -0.05) is 42.5 Å². The highest BCUT2D eigenvalue weighted by Crippen LogP contribution is 2.32. The largest absolute Gasteiger partial charge is 0.497 e. The van der Waals surface area contributed by atoms with Gasteiger partial charge >= 0.3 is 0 Å². The van der Waals surface area contributed by atoms with Crippen LogP contribution in [0, 0.1) is 10.1 Å². The van der Waals surface area contributed by atoms with Crippen LogP contribution >= 0.6 is 0 Å². The van der Waals surface area contributed by atoms with Gasteiger partial charge in [-0.05, 0) is 41.0 Å². The molecule has 0 fully saturated rings. The van der Waals surface area contributed by atoms with Gasteiger partial charge in [-0.25, -0.2) is 0 Å². The smallest absolute Gasteiger partial charge is 0.270 e. The van der Waals surface area contributed by atoms with E-state index in [1.807, 2.05) is 0 Å². The topological polar surface area (TPSA) is 89.8 Å². The lowest BCUT2D eigenvalue weighted by molar-refractivity contribution is -0.384. The number of imide groups is 1. The normalized spacial score (nSPS) is 14.5. The van der Waals surface area contributed by atoms with E-state index in [1.165, 1.54) is 17.0 Å². The van der Waals surface area contributed by atoms with E-state index in [1.54, 1.807) is 73.8 Å². The van der Waals surface area contributed by atoms with Crippen LogP contribution in [0.3, 0.4) is 0 Å². The minimum atomic E-state index is -0.488. The first-order chi connectivity index (χ1) is 15.0. The SMILES string of the molecule is COc1ccc(CN2C(=O)/C(=C/c3cccc([N+](=O)[O-])c3)c3ccccc3C2=O)cc1. The zero-order valence-electron chi connectivity index (χ0n) is 16.6. The van der Waals surface area contributed by atoms with E-state index in [2.05, 4.69) is 0 Å². The van der Waals surface area contributed by atoms with Gasteiger partial charge in [0, 0.05) is 23.3 Å². The molecule has 1 aliphatic heterocycles. The van der Waals surface area contributed by atoms with Crippen molar-refractivity contribution < 1.29 is 19.2 Å². The van der Waals surface area contributed by atoms with Crippen LogP contribution in [-0.4, -0.2) is 28.7 Å². The second kappa shape index (κ2) is 8.23. The zero-order valence-corrected chi connectivity index (χ0v) is 16.6. The van der Waals surface area contributed by atoms with Crippen LogP contribution in [0.5, 0.6) is 5.75 Å². The predicted molar refractivity (Wildman–Crippen MR) is 115 cm³/mol. The fourth-order valence-electron chi connectivity index (χ4n) is 3.49. The first kappa shape index (κ1) is 20.0. The highest BCUT2D eigenvalue weighted by molar-refractivity contribution is 6.33. The van der Waals surface area contributed by atoms with Crippen LogP contribution in [0.2, 0.25) is 0 Å². The van der Waals surface area contributed by atoms with Crippen molar-refractivity contribution >= 4 is 29.2 Å². The number of hydrogen-bond acceptors (Lipinski definition) is 5. The van der Waals surface area contributed by atoms with Crippen molar-refractivity contribution in [3.05, 3.63) is 105 Å². The summed E-state index contributed by atoms with van der Waals surface area (Å²) in [7, 11) is 1.56. The second-order valence-corrected chi connectivity index (χ2v) is 7.00. The van der Waals surface area contributed by atoms with Gasteiger partial charge in [-0.2, -0.15) is 0 Å². The molecule has 0 unspecified atom stereocenters. The third-order valence-electron chi connectivity index (χ3n) is 5.06. The molecule has 7 heteroatoms. The summed E-state index contributed by atoms with van der Waals surface area (Å²) >= 11 is 0. The van der Waals surface area contributed by atoms with Crippen molar-refractivity contribution in [1.82, 2.24) is 4.90 Å². The van der Waals surface area contributed by atoms with E-state index >= 15 is 0 Å². The average Bonchev–Trinajstić information content (AvgIpc) is 2.80. The number of carbonyl (C=O) groups is 2. The Bertz CT molecular complexity index is 1210. The standard InChI is InChI=1S/C24H18N2O5/c1-31-19-11-9-16(10-12-19)15-25-23(27)21-8-3-2-7-20(21)22(24(25)28)14-17-5-4-6-18(13-17)26(29)30/h2-14H,15H2,1H3/b22-14+. The number of benzene rings is 3. The number of non-ortho nitro benzene ring substituents is 1. The number of nitro benzene ring substituents is 1. The summed E-state index contributed by atoms with van der Waals surface area (Å²) in [5.41, 5.74) is 2.44. The summed E-state index contributed by atoms with van der Waals surface area (Å²) in [6.45, 7) is 0.0995. The Kier molecular flexibility index (Phi) is 5.32. The van der Waals surface area contributed by atoms with Crippen LogP contribution in [0.4, 0.5) is 5.69 Å². The number of fused-ring (bicyclic) bond motifs is 1. The molecule has 154 valence electrons. The molecule has 0 N–H and O–H groups in total. The third-order valence-corrected chi connectivity index (χ3v) is 5.06. The first-order valence-corrected chi connectivity index (χ1v) is 9.52. The van der Waals surface area contributed by atoms with E-state index in [0.717, 1.165) is 5.56 Å². The molecule has 1 aliphatic rings. The van der Waals surface area contributed by atoms with Crippen molar-refractivity contribution in [2.24, 2.45) is 0 Å². The van der Waals surface area contributed by atoms with Crippen molar-refractivity contribution in [3.8, 4) is 5.75 Å². The molecule has 0 saturated heterocycles. The maximum atomic E-state index is 13.3. The fraction of sp³-hybridized carbons (Fsp3) is 0.0833. The van der Waals surface area contributed by atoms with Crippen LogP contribution in [-0.2, 0) is 11.3 Å². The van der Waals surface area contributed by atoms with Crippen molar-refractivity contribution in [3.63, 3.8) is 0 Å². The van der Waals surface area contributed by atoms with Crippen molar-refractivity contribution in [2.45, 2.75) is 6.54 Å². The number of nitro groups is 1. The molecule has 0 atom stereocenters. The molecule has 3 aromatic rings. The summed E-state index contributed by atoms with van der Waals surface area (Å²) in [5, 5.41) is 11.1. The van der Waals surface area contributed by atoms with Gasteiger partial charge in [0.2, 0.25) is 0 Å². The Morgan fingerprint density at radius 1 is 0.935 bits per heavy atom. The number of nitrogens with zero attached hydrogens (tertiary/aromatic N) is 2. The Morgan fingerprint density at radius 2 is 1.65 bits per heavy atom. The molecule has 7 nitrogen and oxygen atoms in total. The number of amides is 2. The highest BCUT2D eigenvalue weighted by Gasteiger charge is 2.34. The summed E-state index contributed by atoms with van der Waals surface area (Å²) in [6.07, 6.45) is 1.58. The molecule has 1 heterocycles. The molecule has 31 heavy (non-hydrogen) atoms. The third kappa shape index (κ3) is 3.93. The quantitative estimate of drug-likeness (QED) is 0.268. The molecule has 0 aliphatic carbocycles. The predicted octanol–water partition coefficient (Wildman–Crippen LogP) is 4.33. The Labute approximate surface area is 178 Å². The molecule has 0 bridgehead atoms. The zero-order chi connectivity index (χ0) is 22.0. The minimum Gasteiger partial charge on any atom is -0.497 e. The highest BCUT2D eigenvalue weighted by atomic mass is 16.6. The Morgan fingerprint density at radius 3 is 2.32 bits per heavy atom. The molecule has 4 rings (SSSR count). The summed E-state index contributed by atoms with van der Waals surface area (Å²) in [5.74, 6) is -0.157. The molecule has 2 amide bonds. The maximum absolute atomic E-state index is 13.3. The van der Waals surface area contributed by atoms with E-state index in [4.69, 9.17) is 4.74 Å². The fourth-order valence-corrected chi connectivity index (χ4v) is 3.49. The summed E-state index contributed by atoms with van der Waals surface area (Å²) in [4.78, 5) is 38.2. The number of methoxy groups -OCH3 is 1. The van der Waals surface area contributed by atoms with E-state index < -0.39 is 10.8 Å².